The zero-order chi connectivity index (χ0) is 14.1. The van der Waals surface area contributed by atoms with Gasteiger partial charge in [-0.2, -0.15) is 5.10 Å². The van der Waals surface area contributed by atoms with Crippen LogP contribution in [0.15, 0.2) is 43.0 Å². The molecular weight excluding hydrogens is 264 g/mol. The van der Waals surface area contributed by atoms with Crippen LogP contribution in [0, 0.1) is 0 Å². The Morgan fingerprint density at radius 1 is 1.24 bits per heavy atom. The van der Waals surface area contributed by atoms with Gasteiger partial charge in [-0.1, -0.05) is 6.07 Å². The van der Waals surface area contributed by atoms with Crippen LogP contribution in [-0.4, -0.2) is 38.7 Å². The highest BCUT2D eigenvalue weighted by Gasteiger charge is 2.15. The third-order valence-electron chi connectivity index (χ3n) is 3.75. The van der Waals surface area contributed by atoms with Crippen LogP contribution in [0.1, 0.15) is 6.42 Å². The second kappa shape index (κ2) is 5.14. The van der Waals surface area contributed by atoms with Crippen LogP contribution in [0.4, 0.5) is 5.82 Å². The number of pyridine rings is 1. The molecule has 1 aliphatic heterocycles. The number of hydrogen-bond acceptors (Lipinski definition) is 5. The molecule has 0 aliphatic carbocycles. The SMILES string of the molecule is c1ccn2ncc(-c3cncc(N[C@@H]4CCNC4)n3)c2c1. The van der Waals surface area contributed by atoms with Crippen molar-refractivity contribution in [3.8, 4) is 11.3 Å². The van der Waals surface area contributed by atoms with E-state index in [9.17, 15) is 0 Å². The molecule has 6 nitrogen and oxygen atoms in total. The lowest BCUT2D eigenvalue weighted by Crippen LogP contribution is -2.22. The summed E-state index contributed by atoms with van der Waals surface area (Å²) in [7, 11) is 0. The topological polar surface area (TPSA) is 67.1 Å². The van der Waals surface area contributed by atoms with Crippen LogP contribution in [-0.2, 0) is 0 Å². The molecule has 0 amide bonds. The van der Waals surface area contributed by atoms with Crippen LogP contribution in [0.2, 0.25) is 0 Å². The second-order valence-corrected chi connectivity index (χ2v) is 5.21. The van der Waals surface area contributed by atoms with Crippen LogP contribution in [0.3, 0.4) is 0 Å². The third-order valence-corrected chi connectivity index (χ3v) is 3.75. The molecule has 21 heavy (non-hydrogen) atoms. The van der Waals surface area contributed by atoms with E-state index in [2.05, 4.69) is 25.7 Å². The van der Waals surface area contributed by atoms with Gasteiger partial charge in [-0.3, -0.25) is 4.98 Å². The first kappa shape index (κ1) is 12.3. The minimum absolute atomic E-state index is 0.429. The van der Waals surface area contributed by atoms with Gasteiger partial charge in [-0.05, 0) is 25.1 Å². The highest BCUT2D eigenvalue weighted by Crippen LogP contribution is 2.23. The predicted octanol–water partition coefficient (Wildman–Crippen LogP) is 1.57. The maximum absolute atomic E-state index is 4.67. The molecule has 1 saturated heterocycles. The van der Waals surface area contributed by atoms with Gasteiger partial charge in [0.05, 0.1) is 29.8 Å². The molecule has 1 fully saturated rings. The van der Waals surface area contributed by atoms with Gasteiger partial charge in [-0.25, -0.2) is 9.50 Å². The Hall–Kier alpha value is -2.47. The van der Waals surface area contributed by atoms with E-state index in [-0.39, 0.29) is 0 Å². The average molecular weight is 280 g/mol. The molecule has 1 aliphatic rings. The normalized spacial score (nSPS) is 18.2. The van der Waals surface area contributed by atoms with Crippen molar-refractivity contribution in [3.05, 3.63) is 43.0 Å². The molecule has 6 heteroatoms. The lowest BCUT2D eigenvalue weighted by molar-refractivity contribution is 0.787. The number of aromatic nitrogens is 4. The van der Waals surface area contributed by atoms with Crippen LogP contribution < -0.4 is 10.6 Å². The molecule has 0 unspecified atom stereocenters. The van der Waals surface area contributed by atoms with E-state index >= 15 is 0 Å². The van der Waals surface area contributed by atoms with Gasteiger partial charge < -0.3 is 10.6 Å². The first-order valence-corrected chi connectivity index (χ1v) is 7.12. The Kier molecular flexibility index (Phi) is 3.01. The molecular formula is C15H16N6. The van der Waals surface area contributed by atoms with Crippen LogP contribution >= 0.6 is 0 Å². The molecule has 4 rings (SSSR count). The monoisotopic (exact) mass is 280 g/mol. The predicted molar refractivity (Wildman–Crippen MR) is 81.1 cm³/mol. The van der Waals surface area contributed by atoms with E-state index in [1.807, 2.05) is 35.1 Å². The average Bonchev–Trinajstić information content (AvgIpc) is 3.16. The Bertz CT molecular complexity index is 759. The fourth-order valence-corrected chi connectivity index (χ4v) is 2.68. The maximum Gasteiger partial charge on any atom is 0.145 e. The molecule has 4 heterocycles. The van der Waals surface area contributed by atoms with Crippen LogP contribution in [0.25, 0.3) is 16.8 Å². The van der Waals surface area contributed by atoms with E-state index in [1.165, 1.54) is 0 Å². The summed E-state index contributed by atoms with van der Waals surface area (Å²) in [6.07, 6.45) is 8.43. The van der Waals surface area contributed by atoms with Crippen molar-refractivity contribution in [1.82, 2.24) is 24.9 Å². The summed E-state index contributed by atoms with van der Waals surface area (Å²) in [6, 6.07) is 6.42. The van der Waals surface area contributed by atoms with E-state index in [0.29, 0.717) is 6.04 Å². The van der Waals surface area contributed by atoms with Crippen molar-refractivity contribution in [2.75, 3.05) is 18.4 Å². The highest BCUT2D eigenvalue weighted by atomic mass is 15.2. The van der Waals surface area contributed by atoms with E-state index in [0.717, 1.165) is 42.1 Å². The number of anilines is 1. The smallest absolute Gasteiger partial charge is 0.145 e. The fraction of sp³-hybridized carbons (Fsp3) is 0.267. The zero-order valence-corrected chi connectivity index (χ0v) is 11.5. The summed E-state index contributed by atoms with van der Waals surface area (Å²) < 4.78 is 1.85. The summed E-state index contributed by atoms with van der Waals surface area (Å²) in [5, 5.41) is 11.1. The molecule has 2 N–H and O–H groups in total. The number of rotatable bonds is 3. The van der Waals surface area contributed by atoms with Gasteiger partial charge in [0.25, 0.3) is 0 Å². The standard InChI is InChI=1S/C15H16N6/c1-2-6-21-14(3-1)12(8-18-21)13-9-17-10-15(20-13)19-11-4-5-16-7-11/h1-3,6,8-11,16H,4-5,7H2,(H,19,20)/t11-/m1/s1. The first-order valence-electron chi connectivity index (χ1n) is 7.12. The number of nitrogens with zero attached hydrogens (tertiary/aromatic N) is 4. The fourth-order valence-electron chi connectivity index (χ4n) is 2.68. The van der Waals surface area contributed by atoms with Crippen molar-refractivity contribution < 1.29 is 0 Å². The van der Waals surface area contributed by atoms with Crippen molar-refractivity contribution >= 4 is 11.3 Å². The Morgan fingerprint density at radius 3 is 3.14 bits per heavy atom. The molecule has 106 valence electrons. The molecule has 3 aromatic rings. The number of nitrogens with one attached hydrogen (secondary N) is 2. The van der Waals surface area contributed by atoms with Gasteiger partial charge >= 0.3 is 0 Å². The number of hydrogen-bond donors (Lipinski definition) is 2. The first-order chi connectivity index (χ1) is 10.4. The Labute approximate surface area is 122 Å². The molecule has 0 aromatic carbocycles. The lowest BCUT2D eigenvalue weighted by atomic mass is 10.2. The Balaban J connectivity index is 1.68. The van der Waals surface area contributed by atoms with Gasteiger partial charge in [0.15, 0.2) is 0 Å². The van der Waals surface area contributed by atoms with Crippen molar-refractivity contribution in [2.45, 2.75) is 12.5 Å². The largest absolute Gasteiger partial charge is 0.365 e. The molecule has 0 radical (unpaired) electrons. The summed E-state index contributed by atoms with van der Waals surface area (Å²) in [4.78, 5) is 8.98. The molecule has 0 bridgehead atoms. The maximum atomic E-state index is 4.67. The van der Waals surface area contributed by atoms with Gasteiger partial charge in [0.1, 0.15) is 5.82 Å². The van der Waals surface area contributed by atoms with Crippen molar-refractivity contribution in [2.24, 2.45) is 0 Å². The van der Waals surface area contributed by atoms with Crippen LogP contribution in [0.5, 0.6) is 0 Å². The van der Waals surface area contributed by atoms with E-state index in [1.54, 1.807) is 12.4 Å². The molecule has 3 aromatic heterocycles. The van der Waals surface area contributed by atoms with Gasteiger partial charge in [0, 0.05) is 24.3 Å². The van der Waals surface area contributed by atoms with E-state index in [4.69, 9.17) is 0 Å². The molecule has 0 spiro atoms. The minimum atomic E-state index is 0.429. The summed E-state index contributed by atoms with van der Waals surface area (Å²) in [5.74, 6) is 0.816. The zero-order valence-electron chi connectivity index (χ0n) is 11.5. The van der Waals surface area contributed by atoms with Crippen molar-refractivity contribution in [3.63, 3.8) is 0 Å². The van der Waals surface area contributed by atoms with E-state index < -0.39 is 0 Å². The lowest BCUT2D eigenvalue weighted by Gasteiger charge is -2.12. The van der Waals surface area contributed by atoms with Crippen molar-refractivity contribution in [1.29, 1.82) is 0 Å². The third kappa shape index (κ3) is 2.34. The summed E-state index contributed by atoms with van der Waals surface area (Å²) in [6.45, 7) is 2.03. The number of fused-ring (bicyclic) bond motifs is 1. The minimum Gasteiger partial charge on any atom is -0.365 e. The van der Waals surface area contributed by atoms with Gasteiger partial charge in [-0.15, -0.1) is 0 Å². The highest BCUT2D eigenvalue weighted by molar-refractivity contribution is 5.77. The molecule has 0 saturated carbocycles. The second-order valence-electron chi connectivity index (χ2n) is 5.21. The Morgan fingerprint density at radius 2 is 2.24 bits per heavy atom. The molecule has 1 atom stereocenters. The van der Waals surface area contributed by atoms with Gasteiger partial charge in [0.2, 0.25) is 0 Å². The quantitative estimate of drug-likeness (QED) is 0.762. The summed E-state index contributed by atoms with van der Waals surface area (Å²) >= 11 is 0. The summed E-state index contributed by atoms with van der Waals surface area (Å²) in [5.41, 5.74) is 2.87.